The number of ketones is 1. The van der Waals surface area contributed by atoms with Crippen molar-refractivity contribution in [3.63, 3.8) is 0 Å². The van der Waals surface area contributed by atoms with Crippen LogP contribution in [0.2, 0.25) is 0 Å². The van der Waals surface area contributed by atoms with Crippen LogP contribution in [0.3, 0.4) is 0 Å². The zero-order chi connectivity index (χ0) is 11.4. The van der Waals surface area contributed by atoms with Crippen LogP contribution in [0.4, 0.5) is 0 Å². The van der Waals surface area contributed by atoms with E-state index in [2.05, 4.69) is 11.9 Å². The number of carbonyl (C=O) groups is 1. The number of hydrogen-bond donors (Lipinski definition) is 0. The Labute approximate surface area is 98.1 Å². The van der Waals surface area contributed by atoms with Crippen LogP contribution in [0.1, 0.15) is 38.5 Å². The zero-order valence-electron chi connectivity index (χ0n) is 10.3. The second-order valence-corrected chi connectivity index (χ2v) is 5.21. The van der Waals surface area contributed by atoms with Gasteiger partial charge in [-0.15, -0.1) is 0 Å². The van der Waals surface area contributed by atoms with Crippen LogP contribution < -0.4 is 0 Å². The van der Waals surface area contributed by atoms with E-state index < -0.39 is 0 Å². The molecule has 0 N–H and O–H groups in total. The first kappa shape index (κ1) is 12.1. The molecule has 0 aromatic heterocycles. The molecule has 1 saturated carbocycles. The summed E-state index contributed by atoms with van der Waals surface area (Å²) in [6.07, 6.45) is 7.06. The fourth-order valence-corrected chi connectivity index (χ4v) is 2.78. The van der Waals surface area contributed by atoms with Crippen molar-refractivity contribution in [3.8, 4) is 0 Å². The summed E-state index contributed by atoms with van der Waals surface area (Å²) >= 11 is 0. The Bertz CT molecular complexity index is 230. The van der Waals surface area contributed by atoms with Crippen molar-refractivity contribution < 1.29 is 9.53 Å². The van der Waals surface area contributed by atoms with Gasteiger partial charge in [0, 0.05) is 19.0 Å². The standard InChI is InChI=1S/C13H23NO2/c1-14-8-9-16-12(10-14)13(15)11-6-4-2-3-5-7-11/h11-12H,2-10H2,1H3. The zero-order valence-corrected chi connectivity index (χ0v) is 10.3. The summed E-state index contributed by atoms with van der Waals surface area (Å²) in [5.74, 6) is 0.646. The predicted octanol–water partition coefficient (Wildman–Crippen LogP) is 1.86. The second-order valence-electron chi connectivity index (χ2n) is 5.21. The molecule has 1 heterocycles. The molecule has 0 radical (unpaired) electrons. The molecule has 1 aliphatic heterocycles. The summed E-state index contributed by atoms with van der Waals surface area (Å²) in [6, 6.07) is 0. The van der Waals surface area contributed by atoms with Crippen molar-refractivity contribution in [1.82, 2.24) is 4.90 Å². The third-order valence-corrected chi connectivity index (χ3v) is 3.84. The lowest BCUT2D eigenvalue weighted by molar-refractivity contribution is -0.140. The maximum absolute atomic E-state index is 12.3. The molecule has 1 saturated heterocycles. The molecule has 0 amide bonds. The summed E-state index contributed by atoms with van der Waals surface area (Å²) < 4.78 is 5.61. The molecule has 0 bridgehead atoms. The van der Waals surface area contributed by atoms with E-state index in [1.54, 1.807) is 0 Å². The maximum Gasteiger partial charge on any atom is 0.165 e. The topological polar surface area (TPSA) is 29.5 Å². The smallest absolute Gasteiger partial charge is 0.165 e. The summed E-state index contributed by atoms with van der Waals surface area (Å²) in [6.45, 7) is 2.45. The van der Waals surface area contributed by atoms with Gasteiger partial charge in [0.05, 0.1) is 6.61 Å². The second kappa shape index (κ2) is 5.78. The Morgan fingerprint density at radius 1 is 1.19 bits per heavy atom. The van der Waals surface area contributed by atoms with Crippen molar-refractivity contribution >= 4 is 5.78 Å². The number of hydrogen-bond acceptors (Lipinski definition) is 3. The number of ether oxygens (including phenoxy) is 1. The Kier molecular flexibility index (Phi) is 4.36. The van der Waals surface area contributed by atoms with Gasteiger partial charge < -0.3 is 9.64 Å². The molecule has 16 heavy (non-hydrogen) atoms. The molecular formula is C13H23NO2. The molecule has 2 fully saturated rings. The lowest BCUT2D eigenvalue weighted by atomic mass is 9.91. The highest BCUT2D eigenvalue weighted by Gasteiger charge is 2.30. The van der Waals surface area contributed by atoms with Gasteiger partial charge in [-0.05, 0) is 19.9 Å². The van der Waals surface area contributed by atoms with Crippen LogP contribution in [0.15, 0.2) is 0 Å². The summed E-state index contributed by atoms with van der Waals surface area (Å²) in [4.78, 5) is 14.5. The molecular weight excluding hydrogens is 202 g/mol. The van der Waals surface area contributed by atoms with Gasteiger partial charge >= 0.3 is 0 Å². The number of likely N-dealkylation sites (N-methyl/N-ethyl adjacent to an activating group) is 1. The number of rotatable bonds is 2. The van der Waals surface area contributed by atoms with E-state index >= 15 is 0 Å². The van der Waals surface area contributed by atoms with E-state index in [0.29, 0.717) is 12.4 Å². The Balaban J connectivity index is 1.89. The minimum absolute atomic E-state index is 0.151. The number of Topliss-reactive ketones (excluding diaryl/α,β-unsaturated/α-hetero) is 1. The maximum atomic E-state index is 12.3. The molecule has 1 unspecified atom stereocenters. The van der Waals surface area contributed by atoms with Crippen molar-refractivity contribution in [3.05, 3.63) is 0 Å². The third kappa shape index (κ3) is 3.05. The Morgan fingerprint density at radius 3 is 2.50 bits per heavy atom. The number of morpholine rings is 1. The predicted molar refractivity (Wildman–Crippen MR) is 63.4 cm³/mol. The van der Waals surface area contributed by atoms with E-state index in [4.69, 9.17) is 4.74 Å². The minimum Gasteiger partial charge on any atom is -0.368 e. The van der Waals surface area contributed by atoms with E-state index in [0.717, 1.165) is 25.9 Å². The third-order valence-electron chi connectivity index (χ3n) is 3.84. The molecule has 0 aromatic carbocycles. The van der Waals surface area contributed by atoms with E-state index in [-0.39, 0.29) is 12.0 Å². The summed E-state index contributed by atoms with van der Waals surface area (Å²) in [5.41, 5.74) is 0. The quantitative estimate of drug-likeness (QED) is 0.672. The molecule has 1 aliphatic carbocycles. The van der Waals surface area contributed by atoms with E-state index in [9.17, 15) is 4.79 Å². The van der Waals surface area contributed by atoms with Crippen LogP contribution in [-0.4, -0.2) is 43.5 Å². The average molecular weight is 225 g/mol. The lowest BCUT2D eigenvalue weighted by Crippen LogP contribution is -2.46. The Morgan fingerprint density at radius 2 is 1.88 bits per heavy atom. The lowest BCUT2D eigenvalue weighted by Gasteiger charge is -2.31. The highest BCUT2D eigenvalue weighted by molar-refractivity contribution is 5.85. The molecule has 2 aliphatic rings. The van der Waals surface area contributed by atoms with Gasteiger partial charge in [0.1, 0.15) is 6.10 Å². The van der Waals surface area contributed by atoms with Gasteiger partial charge in [-0.1, -0.05) is 25.7 Å². The fraction of sp³-hybridized carbons (Fsp3) is 0.923. The molecule has 92 valence electrons. The van der Waals surface area contributed by atoms with Gasteiger partial charge in [-0.2, -0.15) is 0 Å². The van der Waals surface area contributed by atoms with E-state index in [1.807, 2.05) is 0 Å². The van der Waals surface area contributed by atoms with Crippen molar-refractivity contribution in [2.24, 2.45) is 5.92 Å². The fourth-order valence-electron chi connectivity index (χ4n) is 2.78. The average Bonchev–Trinajstić information content (AvgIpc) is 2.56. The first-order valence-electron chi connectivity index (χ1n) is 6.61. The molecule has 0 aromatic rings. The number of nitrogens with zero attached hydrogens (tertiary/aromatic N) is 1. The molecule has 1 atom stereocenters. The van der Waals surface area contributed by atoms with Crippen LogP contribution in [0.5, 0.6) is 0 Å². The van der Waals surface area contributed by atoms with Crippen molar-refractivity contribution in [1.29, 1.82) is 0 Å². The first-order valence-corrected chi connectivity index (χ1v) is 6.61. The molecule has 0 spiro atoms. The molecule has 2 rings (SSSR count). The number of carbonyl (C=O) groups excluding carboxylic acids is 1. The Hall–Kier alpha value is -0.410. The first-order chi connectivity index (χ1) is 7.77. The van der Waals surface area contributed by atoms with Crippen molar-refractivity contribution in [2.75, 3.05) is 26.7 Å². The van der Waals surface area contributed by atoms with Crippen LogP contribution in [0, 0.1) is 5.92 Å². The van der Waals surface area contributed by atoms with Gasteiger partial charge in [0.2, 0.25) is 0 Å². The highest BCUT2D eigenvalue weighted by atomic mass is 16.5. The molecule has 3 nitrogen and oxygen atoms in total. The summed E-state index contributed by atoms with van der Waals surface area (Å²) in [7, 11) is 2.07. The monoisotopic (exact) mass is 225 g/mol. The highest BCUT2D eigenvalue weighted by Crippen LogP contribution is 2.25. The van der Waals surface area contributed by atoms with Crippen LogP contribution in [-0.2, 0) is 9.53 Å². The van der Waals surface area contributed by atoms with Crippen molar-refractivity contribution in [2.45, 2.75) is 44.6 Å². The van der Waals surface area contributed by atoms with E-state index in [1.165, 1.54) is 25.7 Å². The van der Waals surface area contributed by atoms with Gasteiger partial charge in [0.15, 0.2) is 5.78 Å². The molecule has 3 heteroatoms. The van der Waals surface area contributed by atoms with Gasteiger partial charge in [0.25, 0.3) is 0 Å². The van der Waals surface area contributed by atoms with Gasteiger partial charge in [-0.25, -0.2) is 0 Å². The van der Waals surface area contributed by atoms with Crippen LogP contribution in [0.25, 0.3) is 0 Å². The van der Waals surface area contributed by atoms with Crippen LogP contribution >= 0.6 is 0 Å². The largest absolute Gasteiger partial charge is 0.368 e. The minimum atomic E-state index is -0.151. The normalized spacial score (nSPS) is 29.9. The SMILES string of the molecule is CN1CCOC(C(=O)C2CCCCCC2)C1. The summed E-state index contributed by atoms with van der Waals surface area (Å²) in [5, 5.41) is 0. The van der Waals surface area contributed by atoms with Gasteiger partial charge in [-0.3, -0.25) is 4.79 Å².